The minimum Gasteiger partial charge on any atom is -0.438 e. The average Bonchev–Trinajstić information content (AvgIpc) is 3.67. The van der Waals surface area contributed by atoms with E-state index in [1.807, 2.05) is 31.2 Å². The highest BCUT2D eigenvalue weighted by atomic mass is 35.5. The first kappa shape index (κ1) is 24.8. The van der Waals surface area contributed by atoms with Crippen LogP contribution in [0.2, 0.25) is 5.02 Å². The van der Waals surface area contributed by atoms with Gasteiger partial charge in [0.15, 0.2) is 12.1 Å². The summed E-state index contributed by atoms with van der Waals surface area (Å²) in [4.78, 5) is 40.3. The number of aryl methyl sites for hydroxylation is 1. The highest BCUT2D eigenvalue weighted by Crippen LogP contribution is 2.35. The second-order valence-corrected chi connectivity index (χ2v) is 10.1. The molecule has 1 aliphatic heterocycles. The summed E-state index contributed by atoms with van der Waals surface area (Å²) in [5.74, 6) is -0.00860. The van der Waals surface area contributed by atoms with E-state index in [0.717, 1.165) is 24.0 Å². The van der Waals surface area contributed by atoms with Gasteiger partial charge in [0.2, 0.25) is 5.91 Å². The number of carbonyl (C=O) groups is 3. The molecule has 3 aromatic rings. The predicted octanol–water partition coefficient (Wildman–Crippen LogP) is 5.49. The Hall–Kier alpha value is -3.84. The van der Waals surface area contributed by atoms with Crippen LogP contribution in [0.5, 0.6) is 0 Å². The molecule has 2 fully saturated rings. The number of hydrogen-bond acceptors (Lipinski definition) is 4. The lowest BCUT2D eigenvalue weighted by Crippen LogP contribution is -2.46. The molecular weight excluding hydrogens is 490 g/mol. The Morgan fingerprint density at radius 3 is 2.43 bits per heavy atom. The van der Waals surface area contributed by atoms with E-state index >= 15 is 0 Å². The molecule has 3 amide bonds. The van der Waals surface area contributed by atoms with Crippen LogP contribution in [0.1, 0.15) is 46.0 Å². The van der Waals surface area contributed by atoms with Gasteiger partial charge in [-0.05, 0) is 67.1 Å². The van der Waals surface area contributed by atoms with Crippen molar-refractivity contribution in [2.24, 2.45) is 5.92 Å². The minimum atomic E-state index is -0.806. The first-order valence-corrected chi connectivity index (χ1v) is 12.7. The number of rotatable bonds is 8. The Bertz CT molecular complexity index is 1310. The van der Waals surface area contributed by atoms with Crippen LogP contribution in [0, 0.1) is 12.8 Å². The fraction of sp³-hybridized carbons (Fsp3) is 0.276. The van der Waals surface area contributed by atoms with Gasteiger partial charge in [-0.3, -0.25) is 14.5 Å². The van der Waals surface area contributed by atoms with E-state index in [0.29, 0.717) is 34.3 Å². The second kappa shape index (κ2) is 10.6. The molecule has 0 aromatic heterocycles. The van der Waals surface area contributed by atoms with E-state index < -0.39 is 18.2 Å². The van der Waals surface area contributed by atoms with E-state index in [1.54, 1.807) is 48.5 Å². The lowest BCUT2D eigenvalue weighted by molar-refractivity contribution is -0.126. The first-order chi connectivity index (χ1) is 17.9. The molecule has 2 N–H and O–H groups in total. The van der Waals surface area contributed by atoms with Crippen LogP contribution in [-0.2, 0) is 16.1 Å². The fourth-order valence-corrected chi connectivity index (χ4v) is 4.55. The first-order valence-electron chi connectivity index (χ1n) is 12.3. The molecule has 0 spiro atoms. The number of ether oxygens (including phenoxy) is 1. The zero-order valence-corrected chi connectivity index (χ0v) is 21.2. The highest BCUT2D eigenvalue weighted by molar-refractivity contribution is 6.31. The van der Waals surface area contributed by atoms with Crippen molar-refractivity contribution in [2.75, 3.05) is 11.9 Å². The Labute approximate surface area is 220 Å². The fourth-order valence-electron chi connectivity index (χ4n) is 4.36. The van der Waals surface area contributed by atoms with Crippen molar-refractivity contribution in [1.82, 2.24) is 10.2 Å². The number of hydrogen-bond donors (Lipinski definition) is 2. The van der Waals surface area contributed by atoms with Crippen LogP contribution in [-0.4, -0.2) is 35.4 Å². The van der Waals surface area contributed by atoms with Crippen LogP contribution >= 0.6 is 11.6 Å². The van der Waals surface area contributed by atoms with Crippen molar-refractivity contribution in [3.63, 3.8) is 0 Å². The van der Waals surface area contributed by atoms with E-state index in [-0.39, 0.29) is 18.4 Å². The lowest BCUT2D eigenvalue weighted by atomic mass is 10.00. The van der Waals surface area contributed by atoms with Crippen molar-refractivity contribution in [2.45, 2.75) is 38.5 Å². The van der Waals surface area contributed by atoms with Gasteiger partial charge in [0.1, 0.15) is 0 Å². The third kappa shape index (κ3) is 5.94. The van der Waals surface area contributed by atoms with Gasteiger partial charge in [0, 0.05) is 22.8 Å². The molecule has 1 heterocycles. The zero-order chi connectivity index (χ0) is 25.9. The number of halogens is 1. The van der Waals surface area contributed by atoms with Crippen molar-refractivity contribution in [3.8, 4) is 0 Å². The monoisotopic (exact) mass is 517 g/mol. The maximum atomic E-state index is 13.3. The maximum Gasteiger partial charge on any atom is 0.411 e. The largest absolute Gasteiger partial charge is 0.438 e. The van der Waals surface area contributed by atoms with Crippen LogP contribution in [0.3, 0.4) is 0 Å². The van der Waals surface area contributed by atoms with Gasteiger partial charge in [0.05, 0.1) is 6.54 Å². The molecule has 8 heteroatoms. The number of nitrogens with one attached hydrogen (secondary N) is 2. The van der Waals surface area contributed by atoms with Crippen molar-refractivity contribution < 1.29 is 19.1 Å². The number of nitrogens with zero attached hydrogens (tertiary/aromatic N) is 1. The van der Waals surface area contributed by atoms with Crippen LogP contribution in [0.15, 0.2) is 72.8 Å². The molecule has 2 aliphatic rings. The number of amides is 3. The van der Waals surface area contributed by atoms with Crippen LogP contribution in [0.25, 0.3) is 0 Å². The van der Waals surface area contributed by atoms with Gasteiger partial charge < -0.3 is 15.4 Å². The predicted molar refractivity (Wildman–Crippen MR) is 141 cm³/mol. The quantitative estimate of drug-likeness (QED) is 0.413. The van der Waals surface area contributed by atoms with Gasteiger partial charge in [0.25, 0.3) is 5.91 Å². The standard InChI is InChI=1S/C29H28ClN3O4/c1-18-5-7-20(8-6-18)17-33-25(28(35)31-16-19-9-10-19)26(37-29(33)36)21-11-13-24(14-12-21)32-27(34)22-3-2-4-23(30)15-22/h2-8,11-15,19,25-26H,9-10,16-17H2,1H3,(H,31,35)(H,32,34). The van der Waals surface area contributed by atoms with Crippen LogP contribution in [0.4, 0.5) is 10.5 Å². The third-order valence-corrected chi connectivity index (χ3v) is 6.91. The van der Waals surface area contributed by atoms with Gasteiger partial charge in [-0.15, -0.1) is 0 Å². The summed E-state index contributed by atoms with van der Waals surface area (Å²) in [6.07, 6.45) is 0.920. The van der Waals surface area contributed by atoms with Gasteiger partial charge in [-0.2, -0.15) is 0 Å². The van der Waals surface area contributed by atoms with Crippen molar-refractivity contribution >= 4 is 35.2 Å². The summed E-state index contributed by atoms with van der Waals surface area (Å²) in [6, 6.07) is 20.7. The van der Waals surface area contributed by atoms with E-state index in [9.17, 15) is 14.4 Å². The average molecular weight is 518 g/mol. The van der Waals surface area contributed by atoms with Crippen molar-refractivity contribution in [1.29, 1.82) is 0 Å². The van der Waals surface area contributed by atoms with Gasteiger partial charge in [-0.25, -0.2) is 4.79 Å². The molecule has 3 aromatic carbocycles. The molecular formula is C29H28ClN3O4. The molecule has 0 radical (unpaired) electrons. The lowest BCUT2D eigenvalue weighted by Gasteiger charge is -2.24. The molecule has 2 atom stereocenters. The number of carbonyl (C=O) groups excluding carboxylic acids is 3. The minimum absolute atomic E-state index is 0.229. The molecule has 5 rings (SSSR count). The SMILES string of the molecule is Cc1ccc(CN2C(=O)OC(c3ccc(NC(=O)c4cccc(Cl)c4)cc3)C2C(=O)NCC2CC2)cc1. The van der Waals surface area contributed by atoms with Crippen molar-refractivity contribution in [3.05, 3.63) is 100 Å². The summed E-state index contributed by atoms with van der Waals surface area (Å²) in [7, 11) is 0. The Morgan fingerprint density at radius 2 is 1.76 bits per heavy atom. The zero-order valence-electron chi connectivity index (χ0n) is 20.4. The van der Waals surface area contributed by atoms with E-state index in [1.165, 1.54) is 4.90 Å². The van der Waals surface area contributed by atoms with Crippen LogP contribution < -0.4 is 10.6 Å². The molecule has 37 heavy (non-hydrogen) atoms. The molecule has 1 aliphatic carbocycles. The maximum absolute atomic E-state index is 13.3. The Morgan fingerprint density at radius 1 is 1.03 bits per heavy atom. The smallest absolute Gasteiger partial charge is 0.411 e. The summed E-state index contributed by atoms with van der Waals surface area (Å²) in [5.41, 5.74) is 3.73. The molecule has 7 nitrogen and oxygen atoms in total. The van der Waals surface area contributed by atoms with Gasteiger partial charge in [-0.1, -0.05) is 59.6 Å². The number of benzene rings is 3. The molecule has 1 saturated heterocycles. The van der Waals surface area contributed by atoms with E-state index in [4.69, 9.17) is 16.3 Å². The number of cyclic esters (lactones) is 1. The number of anilines is 1. The second-order valence-electron chi connectivity index (χ2n) is 9.64. The van der Waals surface area contributed by atoms with Gasteiger partial charge >= 0.3 is 6.09 Å². The summed E-state index contributed by atoms with van der Waals surface area (Å²) in [5, 5.41) is 6.33. The molecule has 0 bridgehead atoms. The summed E-state index contributed by atoms with van der Waals surface area (Å²) in [6.45, 7) is 2.87. The summed E-state index contributed by atoms with van der Waals surface area (Å²) < 4.78 is 5.74. The normalized spacial score (nSPS) is 18.9. The Balaban J connectivity index is 1.34. The highest BCUT2D eigenvalue weighted by Gasteiger charge is 2.47. The topological polar surface area (TPSA) is 87.7 Å². The molecule has 1 saturated carbocycles. The van der Waals surface area contributed by atoms with E-state index in [2.05, 4.69) is 10.6 Å². The Kier molecular flexibility index (Phi) is 7.15. The molecule has 2 unspecified atom stereocenters. The summed E-state index contributed by atoms with van der Waals surface area (Å²) >= 11 is 5.99. The third-order valence-electron chi connectivity index (χ3n) is 6.67. The molecule has 190 valence electrons.